The van der Waals surface area contributed by atoms with Crippen molar-refractivity contribution < 1.29 is 9.90 Å². The van der Waals surface area contributed by atoms with Crippen molar-refractivity contribution in [3.05, 3.63) is 104 Å². The fraction of sp³-hybridized carbons (Fsp3) is 0.130. The molecule has 5 nitrogen and oxygen atoms in total. The van der Waals surface area contributed by atoms with Gasteiger partial charge in [0, 0.05) is 12.1 Å². The Bertz CT molecular complexity index is 1270. The van der Waals surface area contributed by atoms with Crippen LogP contribution in [0.1, 0.15) is 27.0 Å². The second-order valence-electron chi connectivity index (χ2n) is 7.02. The van der Waals surface area contributed by atoms with Crippen LogP contribution in [0.15, 0.2) is 71.5 Å². The van der Waals surface area contributed by atoms with Gasteiger partial charge in [-0.05, 0) is 47.4 Å². The van der Waals surface area contributed by atoms with Crippen LogP contribution >= 0.6 is 11.6 Å². The number of fused-ring (bicyclic) bond motifs is 1. The van der Waals surface area contributed by atoms with Crippen molar-refractivity contribution >= 4 is 28.6 Å². The summed E-state index contributed by atoms with van der Waals surface area (Å²) < 4.78 is 3.38. The maximum absolute atomic E-state index is 12.8. The van der Waals surface area contributed by atoms with Crippen molar-refractivity contribution in [3.8, 4) is 0 Å². The summed E-state index contributed by atoms with van der Waals surface area (Å²) in [6.45, 7) is 0.497. The van der Waals surface area contributed by atoms with Gasteiger partial charge in [0.2, 0.25) is 0 Å². The Morgan fingerprint density at radius 2 is 1.72 bits per heavy atom. The summed E-state index contributed by atoms with van der Waals surface area (Å²) in [6.07, 6.45) is 0.437. The quantitative estimate of drug-likeness (QED) is 0.536. The van der Waals surface area contributed by atoms with E-state index in [0.29, 0.717) is 23.6 Å². The topological polar surface area (TPSA) is 64.2 Å². The highest BCUT2D eigenvalue weighted by molar-refractivity contribution is 6.31. The van der Waals surface area contributed by atoms with E-state index in [1.807, 2.05) is 48.5 Å². The molecule has 0 saturated carbocycles. The van der Waals surface area contributed by atoms with Crippen molar-refractivity contribution in [1.29, 1.82) is 0 Å². The molecule has 1 aromatic heterocycles. The molecule has 0 aliphatic heterocycles. The van der Waals surface area contributed by atoms with Gasteiger partial charge in [-0.15, -0.1) is 0 Å². The van der Waals surface area contributed by atoms with Gasteiger partial charge in [-0.25, -0.2) is 9.59 Å². The molecule has 4 aromatic rings. The Balaban J connectivity index is 1.74. The van der Waals surface area contributed by atoms with Gasteiger partial charge >= 0.3 is 11.7 Å². The monoisotopic (exact) mass is 406 g/mol. The molecule has 0 aliphatic rings. The van der Waals surface area contributed by atoms with Crippen molar-refractivity contribution in [3.63, 3.8) is 0 Å². The number of halogens is 1. The van der Waals surface area contributed by atoms with E-state index in [4.69, 9.17) is 11.6 Å². The second kappa shape index (κ2) is 7.60. The maximum Gasteiger partial charge on any atom is 0.336 e. The number of imidazole rings is 1. The lowest BCUT2D eigenvalue weighted by Crippen LogP contribution is -2.22. The van der Waals surface area contributed by atoms with Crippen LogP contribution in [0.2, 0.25) is 5.02 Å². The van der Waals surface area contributed by atoms with Crippen molar-refractivity contribution in [2.75, 3.05) is 0 Å². The SMILES string of the molecule is Cn1c(=O)n(Cc2ccccc2)c2ccc(Cc3ccc(Cl)cc3C(=O)O)cc21. The Morgan fingerprint density at radius 3 is 2.45 bits per heavy atom. The number of aromatic nitrogens is 2. The van der Waals surface area contributed by atoms with Gasteiger partial charge in [0.1, 0.15) is 0 Å². The van der Waals surface area contributed by atoms with Gasteiger partial charge in [-0.2, -0.15) is 0 Å². The van der Waals surface area contributed by atoms with E-state index in [0.717, 1.165) is 22.2 Å². The molecule has 29 heavy (non-hydrogen) atoms. The first-order chi connectivity index (χ1) is 13.9. The largest absolute Gasteiger partial charge is 0.478 e. The van der Waals surface area contributed by atoms with Crippen LogP contribution in [0.5, 0.6) is 0 Å². The molecule has 0 saturated heterocycles. The first-order valence-corrected chi connectivity index (χ1v) is 9.55. The van der Waals surface area contributed by atoms with Gasteiger partial charge in [0.05, 0.1) is 23.1 Å². The summed E-state index contributed by atoms with van der Waals surface area (Å²) in [7, 11) is 1.75. The number of hydrogen-bond donors (Lipinski definition) is 1. The van der Waals surface area contributed by atoms with Crippen LogP contribution in [0, 0.1) is 0 Å². The highest BCUT2D eigenvalue weighted by atomic mass is 35.5. The highest BCUT2D eigenvalue weighted by Crippen LogP contribution is 2.22. The standard InChI is InChI=1S/C23H19ClN2O3/c1-25-21-12-16(11-17-8-9-18(24)13-19(17)22(27)28)7-10-20(21)26(23(25)29)14-15-5-3-2-4-6-15/h2-10,12-13H,11,14H2,1H3,(H,27,28). The first kappa shape index (κ1) is 19.0. The smallest absolute Gasteiger partial charge is 0.336 e. The van der Waals surface area contributed by atoms with Gasteiger partial charge in [0.25, 0.3) is 0 Å². The van der Waals surface area contributed by atoms with E-state index in [-0.39, 0.29) is 11.3 Å². The molecule has 0 bridgehead atoms. The van der Waals surface area contributed by atoms with Crippen LogP contribution in [0.25, 0.3) is 11.0 Å². The van der Waals surface area contributed by atoms with Crippen LogP contribution in [0.3, 0.4) is 0 Å². The minimum atomic E-state index is -1.01. The lowest BCUT2D eigenvalue weighted by molar-refractivity contribution is 0.0696. The molecule has 0 atom stereocenters. The number of nitrogens with zero attached hydrogens (tertiary/aromatic N) is 2. The fourth-order valence-electron chi connectivity index (χ4n) is 3.60. The summed E-state index contributed by atoms with van der Waals surface area (Å²) in [6, 6.07) is 20.5. The number of carbonyl (C=O) groups is 1. The van der Waals surface area contributed by atoms with Crippen LogP contribution in [0.4, 0.5) is 0 Å². The average molecular weight is 407 g/mol. The van der Waals surface area contributed by atoms with E-state index in [2.05, 4.69) is 0 Å². The average Bonchev–Trinajstić information content (AvgIpc) is 2.94. The Hall–Kier alpha value is -3.31. The Kier molecular flexibility index (Phi) is 4.99. The normalized spacial score (nSPS) is 11.1. The third-order valence-corrected chi connectivity index (χ3v) is 5.33. The van der Waals surface area contributed by atoms with Crippen LogP contribution < -0.4 is 5.69 Å². The molecule has 6 heteroatoms. The molecule has 1 heterocycles. The number of aryl methyl sites for hydroxylation is 1. The summed E-state index contributed by atoms with van der Waals surface area (Å²) in [5.74, 6) is -1.01. The van der Waals surface area contributed by atoms with E-state index in [9.17, 15) is 14.7 Å². The zero-order valence-electron chi connectivity index (χ0n) is 15.8. The zero-order chi connectivity index (χ0) is 20.5. The molecule has 146 valence electrons. The van der Waals surface area contributed by atoms with E-state index in [1.54, 1.807) is 28.3 Å². The maximum atomic E-state index is 12.8. The molecule has 4 rings (SSSR count). The summed E-state index contributed by atoms with van der Waals surface area (Å²) in [5.41, 5.74) is 4.42. The molecular formula is C23H19ClN2O3. The molecule has 3 aromatic carbocycles. The van der Waals surface area contributed by atoms with Gasteiger partial charge in [-0.1, -0.05) is 54.1 Å². The Morgan fingerprint density at radius 1 is 0.966 bits per heavy atom. The Labute approximate surface area is 172 Å². The third-order valence-electron chi connectivity index (χ3n) is 5.09. The summed E-state index contributed by atoms with van der Waals surface area (Å²) >= 11 is 5.95. The van der Waals surface area contributed by atoms with Crippen molar-refractivity contribution in [2.24, 2.45) is 7.05 Å². The molecule has 1 N–H and O–H groups in total. The number of carboxylic acid groups (broad SMARTS) is 1. The minimum Gasteiger partial charge on any atom is -0.478 e. The van der Waals surface area contributed by atoms with Crippen LogP contribution in [-0.2, 0) is 20.0 Å². The molecular weight excluding hydrogens is 388 g/mol. The summed E-state index contributed by atoms with van der Waals surface area (Å²) in [4.78, 5) is 24.3. The predicted octanol–water partition coefficient (Wildman–Crippen LogP) is 4.33. The summed E-state index contributed by atoms with van der Waals surface area (Å²) in [5, 5.41) is 9.85. The number of carboxylic acids is 1. The first-order valence-electron chi connectivity index (χ1n) is 9.18. The predicted molar refractivity (Wildman–Crippen MR) is 114 cm³/mol. The molecule has 0 radical (unpaired) electrons. The number of aromatic carboxylic acids is 1. The number of benzene rings is 3. The van der Waals surface area contributed by atoms with Gasteiger partial charge in [-0.3, -0.25) is 9.13 Å². The van der Waals surface area contributed by atoms with E-state index >= 15 is 0 Å². The third kappa shape index (κ3) is 3.69. The zero-order valence-corrected chi connectivity index (χ0v) is 16.6. The fourth-order valence-corrected chi connectivity index (χ4v) is 3.78. The molecule has 0 amide bonds. The lowest BCUT2D eigenvalue weighted by Gasteiger charge is -2.08. The highest BCUT2D eigenvalue weighted by Gasteiger charge is 2.14. The second-order valence-corrected chi connectivity index (χ2v) is 7.46. The van der Waals surface area contributed by atoms with E-state index < -0.39 is 5.97 Å². The van der Waals surface area contributed by atoms with Gasteiger partial charge < -0.3 is 5.11 Å². The van der Waals surface area contributed by atoms with E-state index in [1.165, 1.54) is 6.07 Å². The van der Waals surface area contributed by atoms with Crippen LogP contribution in [-0.4, -0.2) is 20.2 Å². The minimum absolute atomic E-state index is 0.0845. The van der Waals surface area contributed by atoms with Gasteiger partial charge in [0.15, 0.2) is 0 Å². The molecule has 0 fully saturated rings. The number of rotatable bonds is 5. The molecule has 0 aliphatic carbocycles. The molecule has 0 unspecified atom stereocenters. The van der Waals surface area contributed by atoms with Crippen molar-refractivity contribution in [2.45, 2.75) is 13.0 Å². The number of hydrogen-bond acceptors (Lipinski definition) is 2. The lowest BCUT2D eigenvalue weighted by atomic mass is 9.99. The molecule has 0 spiro atoms. The van der Waals surface area contributed by atoms with Crippen molar-refractivity contribution in [1.82, 2.24) is 9.13 Å².